The molecule has 0 fully saturated rings. The Labute approximate surface area is 192 Å². The van der Waals surface area contributed by atoms with Crippen LogP contribution in [0.2, 0.25) is 13.1 Å². The second-order valence-corrected chi connectivity index (χ2v) is 30.4. The number of allylic oxidation sites excluding steroid dienone is 2. The number of benzene rings is 2. The predicted molar refractivity (Wildman–Crippen MR) is 133 cm³/mol. The summed E-state index contributed by atoms with van der Waals surface area (Å²) >= 11 is -1.86. The van der Waals surface area contributed by atoms with E-state index in [1.165, 1.54) is 0 Å². The van der Waals surface area contributed by atoms with Gasteiger partial charge in [0.2, 0.25) is 0 Å². The van der Waals surface area contributed by atoms with Crippen LogP contribution in [0.15, 0.2) is 47.5 Å². The summed E-state index contributed by atoms with van der Waals surface area (Å²) in [6, 6.07) is 14.3. The molecule has 2 heteroatoms. The van der Waals surface area contributed by atoms with Crippen molar-refractivity contribution in [3.63, 3.8) is 0 Å². The van der Waals surface area contributed by atoms with E-state index in [0.29, 0.717) is 11.8 Å². The summed E-state index contributed by atoms with van der Waals surface area (Å²) in [4.78, 5) is 0. The molecule has 2 aliphatic rings. The number of hydrogen-bond donors (Lipinski definition) is 0. The van der Waals surface area contributed by atoms with E-state index in [0.717, 1.165) is 7.25 Å². The Kier molecular flexibility index (Phi) is 6.31. The molecule has 2 atom stereocenters. The van der Waals surface area contributed by atoms with Crippen LogP contribution in [0.1, 0.15) is 94.0 Å². The Bertz CT molecular complexity index is 945. The molecule has 30 heavy (non-hydrogen) atoms. The Morgan fingerprint density at radius 1 is 0.700 bits per heavy atom. The van der Waals surface area contributed by atoms with Gasteiger partial charge in [-0.3, -0.25) is 0 Å². The molecule has 0 saturated heterocycles. The molecule has 0 N–H and O–H groups in total. The standard InChI is InChI=1S/2C13H15.C2H7Si.Zr/c2*1-9(2)12-6-4-5-11-7-10(3)8-13(11)12;1-3-2;/h2*4-9H,1-3H3;3H,1-2H3;. The van der Waals surface area contributed by atoms with Crippen molar-refractivity contribution in [3.8, 4) is 0 Å². The van der Waals surface area contributed by atoms with Crippen LogP contribution in [0.25, 0.3) is 12.2 Å². The molecule has 0 nitrogen and oxygen atoms in total. The summed E-state index contributed by atoms with van der Waals surface area (Å²) in [5, 5.41) is 0. The maximum absolute atomic E-state index is 2.66. The average molecular weight is 493 g/mol. The third-order valence-corrected chi connectivity index (χ3v) is 29.4. The van der Waals surface area contributed by atoms with E-state index >= 15 is 0 Å². The van der Waals surface area contributed by atoms with Crippen LogP contribution in [0.4, 0.5) is 0 Å². The fourth-order valence-electron chi connectivity index (χ4n) is 5.88. The van der Waals surface area contributed by atoms with E-state index in [-0.39, 0.29) is 0 Å². The summed E-state index contributed by atoms with van der Waals surface area (Å²) in [5.41, 5.74) is 12.9. The minimum absolute atomic E-state index is 0.591. The SMILES string of the molecule is CC1=Cc2c(C(C)C)cccc2[CH]1[Zr]([CH]1C(C)=Cc2c(C(C)C)cccc21)[SiH](C)C. The van der Waals surface area contributed by atoms with E-state index in [2.05, 4.69) is 103 Å². The molecule has 0 bridgehead atoms. The molecule has 0 aromatic heterocycles. The van der Waals surface area contributed by atoms with Crippen molar-refractivity contribution in [1.82, 2.24) is 0 Å². The Morgan fingerprint density at radius 2 is 1.10 bits per heavy atom. The van der Waals surface area contributed by atoms with Gasteiger partial charge in [0.1, 0.15) is 0 Å². The first kappa shape index (κ1) is 22.2. The third kappa shape index (κ3) is 3.63. The van der Waals surface area contributed by atoms with Crippen molar-refractivity contribution in [3.05, 3.63) is 80.9 Å². The van der Waals surface area contributed by atoms with Crippen molar-refractivity contribution in [1.29, 1.82) is 0 Å². The van der Waals surface area contributed by atoms with Crippen LogP contribution >= 0.6 is 0 Å². The number of hydrogen-bond acceptors (Lipinski definition) is 0. The van der Waals surface area contributed by atoms with Crippen molar-refractivity contribution >= 4 is 18.1 Å². The van der Waals surface area contributed by atoms with Gasteiger partial charge in [0.15, 0.2) is 0 Å². The van der Waals surface area contributed by atoms with Crippen molar-refractivity contribution in [2.45, 2.75) is 73.7 Å². The molecular formula is C28H37SiZr. The second kappa shape index (κ2) is 8.51. The first-order valence-corrected chi connectivity index (χ1v) is 21.7. The Hall–Kier alpha value is -0.980. The molecule has 0 saturated carbocycles. The first-order valence-electron chi connectivity index (χ1n) is 11.7. The van der Waals surface area contributed by atoms with Crippen molar-refractivity contribution in [2.24, 2.45) is 0 Å². The molecule has 2 aromatic carbocycles. The van der Waals surface area contributed by atoms with Crippen LogP contribution in [-0.4, -0.2) is 5.92 Å². The molecule has 2 aliphatic carbocycles. The van der Waals surface area contributed by atoms with Crippen molar-refractivity contribution in [2.75, 3.05) is 0 Å². The van der Waals surface area contributed by atoms with E-state index < -0.39 is 26.8 Å². The van der Waals surface area contributed by atoms with Gasteiger partial charge in [0, 0.05) is 0 Å². The Morgan fingerprint density at radius 3 is 1.43 bits per heavy atom. The zero-order valence-electron chi connectivity index (χ0n) is 20.0. The molecule has 2 aromatic rings. The maximum atomic E-state index is 2.66. The third-order valence-electron chi connectivity index (χ3n) is 7.20. The minimum atomic E-state index is -1.86. The van der Waals surface area contributed by atoms with Gasteiger partial charge in [-0.05, 0) is 0 Å². The van der Waals surface area contributed by atoms with Gasteiger partial charge < -0.3 is 0 Å². The normalized spacial score (nSPS) is 20.0. The van der Waals surface area contributed by atoms with Crippen LogP contribution in [0.3, 0.4) is 0 Å². The summed E-state index contributed by atoms with van der Waals surface area (Å²) in [5.74, 6) is 0.431. The van der Waals surface area contributed by atoms with Crippen LogP contribution in [0, 0.1) is 0 Å². The van der Waals surface area contributed by atoms with Gasteiger partial charge in [-0.2, -0.15) is 0 Å². The quantitative estimate of drug-likeness (QED) is 0.369. The predicted octanol–water partition coefficient (Wildman–Crippen LogP) is 8.15. The number of rotatable bonds is 5. The van der Waals surface area contributed by atoms with E-state index in [9.17, 15) is 0 Å². The summed E-state index contributed by atoms with van der Waals surface area (Å²) in [6.45, 7) is 19.6. The fraction of sp³-hybridized carbons (Fsp3) is 0.429. The Balaban J connectivity index is 1.85. The molecule has 157 valence electrons. The first-order chi connectivity index (χ1) is 14.2. The van der Waals surface area contributed by atoms with Gasteiger partial charge in [-0.25, -0.2) is 0 Å². The molecule has 0 heterocycles. The van der Waals surface area contributed by atoms with Crippen LogP contribution in [0.5, 0.6) is 0 Å². The van der Waals surface area contributed by atoms with Crippen LogP contribution < -0.4 is 0 Å². The number of fused-ring (bicyclic) bond motifs is 2. The van der Waals surface area contributed by atoms with E-state index in [1.807, 2.05) is 0 Å². The molecule has 0 spiro atoms. The molecule has 0 aliphatic heterocycles. The van der Waals surface area contributed by atoms with Gasteiger partial charge in [-0.15, -0.1) is 0 Å². The summed E-state index contributed by atoms with van der Waals surface area (Å²) in [7, 11) is 0. The molecule has 2 unspecified atom stereocenters. The average Bonchev–Trinajstić information content (AvgIpc) is 3.18. The van der Waals surface area contributed by atoms with Gasteiger partial charge >= 0.3 is 194 Å². The van der Waals surface area contributed by atoms with Gasteiger partial charge in [0.05, 0.1) is 0 Å². The van der Waals surface area contributed by atoms with Crippen molar-refractivity contribution < 1.29 is 20.9 Å². The molecule has 4 rings (SSSR count). The molecule has 0 amide bonds. The monoisotopic (exact) mass is 491 g/mol. The van der Waals surface area contributed by atoms with E-state index in [1.54, 1.807) is 44.5 Å². The second-order valence-electron chi connectivity index (χ2n) is 10.3. The summed E-state index contributed by atoms with van der Waals surface area (Å²) in [6.07, 6.45) is 5.12. The fourth-order valence-corrected chi connectivity index (χ4v) is 29.1. The zero-order valence-corrected chi connectivity index (χ0v) is 23.6. The molecule has 0 radical (unpaired) electrons. The topological polar surface area (TPSA) is 0 Å². The summed E-state index contributed by atoms with van der Waals surface area (Å²) < 4.78 is 1.52. The molecular weight excluding hydrogens is 456 g/mol. The van der Waals surface area contributed by atoms with E-state index in [4.69, 9.17) is 0 Å². The van der Waals surface area contributed by atoms with Gasteiger partial charge in [-0.1, -0.05) is 0 Å². The van der Waals surface area contributed by atoms with Crippen LogP contribution in [-0.2, 0) is 20.9 Å². The zero-order chi connectivity index (χ0) is 21.7. The van der Waals surface area contributed by atoms with Gasteiger partial charge in [0.25, 0.3) is 0 Å².